The van der Waals surface area contributed by atoms with Gasteiger partial charge in [-0.25, -0.2) is 9.97 Å². The molecule has 0 saturated heterocycles. The quantitative estimate of drug-likeness (QED) is 0.769. The van der Waals surface area contributed by atoms with Crippen molar-refractivity contribution in [2.24, 2.45) is 0 Å². The van der Waals surface area contributed by atoms with Crippen molar-refractivity contribution in [1.29, 1.82) is 5.26 Å². The van der Waals surface area contributed by atoms with Gasteiger partial charge in [0, 0.05) is 17.3 Å². The van der Waals surface area contributed by atoms with Gasteiger partial charge in [-0.3, -0.25) is 0 Å². The predicted molar refractivity (Wildman–Crippen MR) is 57.3 cm³/mol. The van der Waals surface area contributed by atoms with E-state index in [0.29, 0.717) is 10.7 Å². The van der Waals surface area contributed by atoms with E-state index in [2.05, 4.69) is 9.97 Å². The van der Waals surface area contributed by atoms with E-state index in [0.717, 1.165) is 4.90 Å². The van der Waals surface area contributed by atoms with Crippen LogP contribution in [0.3, 0.4) is 0 Å². The highest BCUT2D eigenvalue weighted by Crippen LogP contribution is 2.26. The lowest BCUT2D eigenvalue weighted by Gasteiger charge is -2.00. The smallest absolute Gasteiger partial charge is 0.173 e. The lowest BCUT2D eigenvalue weighted by molar-refractivity contribution is 1.02. The summed E-state index contributed by atoms with van der Waals surface area (Å²) in [5, 5.41) is 9.48. The van der Waals surface area contributed by atoms with E-state index in [9.17, 15) is 0 Å². The Morgan fingerprint density at radius 1 is 1.07 bits per heavy atom. The summed E-state index contributed by atoms with van der Waals surface area (Å²) in [5.41, 5.74) is 0.367. The first-order valence-electron chi connectivity index (χ1n) is 4.34. The topological polar surface area (TPSA) is 49.6 Å². The molecule has 0 saturated carbocycles. The molecule has 4 heteroatoms. The van der Waals surface area contributed by atoms with E-state index in [1.807, 2.05) is 36.4 Å². The average Bonchev–Trinajstić information content (AvgIpc) is 2.31. The average molecular weight is 213 g/mol. The standard InChI is InChI=1S/C11H7N3S/c12-8-10-11(14-7-6-13-10)15-9-4-2-1-3-5-9/h1-7H. The van der Waals surface area contributed by atoms with Gasteiger partial charge in [-0.05, 0) is 12.1 Å². The second kappa shape index (κ2) is 4.58. The van der Waals surface area contributed by atoms with E-state index >= 15 is 0 Å². The molecule has 72 valence electrons. The number of nitriles is 1. The normalized spacial score (nSPS) is 9.53. The largest absolute Gasteiger partial charge is 0.245 e. The second-order valence-corrected chi connectivity index (χ2v) is 3.80. The molecule has 1 heterocycles. The van der Waals surface area contributed by atoms with Crippen LogP contribution in [-0.4, -0.2) is 9.97 Å². The third-order valence-corrected chi connectivity index (χ3v) is 2.73. The number of rotatable bonds is 2. The van der Waals surface area contributed by atoms with E-state index in [1.165, 1.54) is 18.0 Å². The van der Waals surface area contributed by atoms with Crippen LogP contribution in [0.15, 0.2) is 52.6 Å². The highest BCUT2D eigenvalue weighted by molar-refractivity contribution is 7.99. The van der Waals surface area contributed by atoms with Gasteiger partial charge in [0.2, 0.25) is 0 Å². The van der Waals surface area contributed by atoms with Crippen LogP contribution in [-0.2, 0) is 0 Å². The molecule has 0 bridgehead atoms. The first-order chi connectivity index (χ1) is 7.40. The summed E-state index contributed by atoms with van der Waals surface area (Å²) in [4.78, 5) is 9.12. The summed E-state index contributed by atoms with van der Waals surface area (Å²) in [5.74, 6) is 0. The summed E-state index contributed by atoms with van der Waals surface area (Å²) in [6, 6.07) is 11.8. The number of aromatic nitrogens is 2. The van der Waals surface area contributed by atoms with Gasteiger partial charge >= 0.3 is 0 Å². The molecular weight excluding hydrogens is 206 g/mol. The van der Waals surface area contributed by atoms with E-state index < -0.39 is 0 Å². The molecule has 2 aromatic rings. The van der Waals surface area contributed by atoms with Crippen molar-refractivity contribution in [2.45, 2.75) is 9.92 Å². The van der Waals surface area contributed by atoms with Gasteiger partial charge in [0.05, 0.1) is 0 Å². The second-order valence-electron chi connectivity index (χ2n) is 2.74. The molecule has 0 spiro atoms. The van der Waals surface area contributed by atoms with Gasteiger partial charge in [-0.15, -0.1) is 0 Å². The fraction of sp³-hybridized carbons (Fsp3) is 0. The third-order valence-electron chi connectivity index (χ3n) is 1.73. The van der Waals surface area contributed by atoms with Crippen molar-refractivity contribution >= 4 is 11.8 Å². The Balaban J connectivity index is 2.29. The summed E-state index contributed by atoms with van der Waals surface area (Å²) in [6.07, 6.45) is 3.11. The number of hydrogen-bond donors (Lipinski definition) is 0. The number of hydrogen-bond acceptors (Lipinski definition) is 4. The fourth-order valence-electron chi connectivity index (χ4n) is 1.08. The Hall–Kier alpha value is -1.86. The zero-order chi connectivity index (χ0) is 10.5. The fourth-order valence-corrected chi connectivity index (χ4v) is 1.90. The minimum atomic E-state index is 0.367. The van der Waals surface area contributed by atoms with Crippen molar-refractivity contribution in [2.75, 3.05) is 0 Å². The van der Waals surface area contributed by atoms with Crippen LogP contribution in [0.4, 0.5) is 0 Å². The van der Waals surface area contributed by atoms with E-state index in [1.54, 1.807) is 6.20 Å². The summed E-state index contributed by atoms with van der Waals surface area (Å²) >= 11 is 1.44. The number of benzene rings is 1. The molecule has 1 aromatic heterocycles. The molecule has 0 radical (unpaired) electrons. The Bertz CT molecular complexity index is 491. The van der Waals surface area contributed by atoms with Gasteiger partial charge in [0.25, 0.3) is 0 Å². The van der Waals surface area contributed by atoms with Crippen molar-refractivity contribution < 1.29 is 0 Å². The van der Waals surface area contributed by atoms with Gasteiger partial charge in [-0.2, -0.15) is 5.26 Å². The zero-order valence-corrected chi connectivity index (χ0v) is 8.61. The maximum atomic E-state index is 8.83. The summed E-state index contributed by atoms with van der Waals surface area (Å²) < 4.78 is 0. The maximum absolute atomic E-state index is 8.83. The Morgan fingerprint density at radius 3 is 2.53 bits per heavy atom. The molecule has 0 N–H and O–H groups in total. The van der Waals surface area contributed by atoms with Crippen LogP contribution in [0.5, 0.6) is 0 Å². The summed E-state index contributed by atoms with van der Waals surface area (Å²) in [7, 11) is 0. The van der Waals surface area contributed by atoms with Gasteiger partial charge in [0.1, 0.15) is 11.1 Å². The highest BCUT2D eigenvalue weighted by Gasteiger charge is 2.05. The molecule has 0 amide bonds. The lowest BCUT2D eigenvalue weighted by atomic mass is 10.4. The van der Waals surface area contributed by atoms with Gasteiger partial charge in [0.15, 0.2) is 5.69 Å². The molecule has 1 aromatic carbocycles. The summed E-state index contributed by atoms with van der Waals surface area (Å²) in [6.45, 7) is 0. The van der Waals surface area contributed by atoms with Crippen LogP contribution in [0.25, 0.3) is 0 Å². The molecule has 0 aliphatic heterocycles. The van der Waals surface area contributed by atoms with Crippen molar-refractivity contribution in [1.82, 2.24) is 9.97 Å². The molecule has 15 heavy (non-hydrogen) atoms. The molecule has 3 nitrogen and oxygen atoms in total. The van der Waals surface area contributed by atoms with Crippen LogP contribution in [0.2, 0.25) is 0 Å². The molecule has 0 fully saturated rings. The molecule has 2 rings (SSSR count). The monoisotopic (exact) mass is 213 g/mol. The SMILES string of the molecule is N#Cc1nccnc1Sc1ccccc1. The molecule has 0 unspecified atom stereocenters. The lowest BCUT2D eigenvalue weighted by Crippen LogP contribution is -1.89. The minimum Gasteiger partial charge on any atom is -0.245 e. The highest BCUT2D eigenvalue weighted by atomic mass is 32.2. The van der Waals surface area contributed by atoms with Gasteiger partial charge < -0.3 is 0 Å². The van der Waals surface area contributed by atoms with E-state index in [4.69, 9.17) is 5.26 Å². The van der Waals surface area contributed by atoms with Crippen LogP contribution in [0.1, 0.15) is 5.69 Å². The number of nitrogens with zero attached hydrogens (tertiary/aromatic N) is 3. The first-order valence-corrected chi connectivity index (χ1v) is 5.16. The van der Waals surface area contributed by atoms with Crippen molar-refractivity contribution in [3.8, 4) is 6.07 Å². The van der Waals surface area contributed by atoms with Crippen LogP contribution in [0, 0.1) is 11.3 Å². The van der Waals surface area contributed by atoms with Gasteiger partial charge in [-0.1, -0.05) is 30.0 Å². The Kier molecular flexibility index (Phi) is 2.96. The molecule has 0 aliphatic carbocycles. The first kappa shape index (κ1) is 9.69. The van der Waals surface area contributed by atoms with Crippen molar-refractivity contribution in [3.05, 3.63) is 48.4 Å². The minimum absolute atomic E-state index is 0.367. The Labute approximate surface area is 91.8 Å². The third kappa shape index (κ3) is 2.33. The Morgan fingerprint density at radius 2 is 1.80 bits per heavy atom. The molecule has 0 aliphatic rings. The predicted octanol–water partition coefficient (Wildman–Crippen LogP) is 2.50. The maximum Gasteiger partial charge on any atom is 0.173 e. The van der Waals surface area contributed by atoms with Crippen LogP contribution >= 0.6 is 11.8 Å². The zero-order valence-electron chi connectivity index (χ0n) is 7.79. The van der Waals surface area contributed by atoms with Crippen LogP contribution < -0.4 is 0 Å². The van der Waals surface area contributed by atoms with Crippen molar-refractivity contribution in [3.63, 3.8) is 0 Å². The molecule has 0 atom stereocenters. The van der Waals surface area contributed by atoms with E-state index in [-0.39, 0.29) is 0 Å². The molecular formula is C11H7N3S.